The van der Waals surface area contributed by atoms with E-state index in [1.807, 2.05) is 0 Å². The first kappa shape index (κ1) is 17.5. The summed E-state index contributed by atoms with van der Waals surface area (Å²) in [5.74, 6) is -0.276. The van der Waals surface area contributed by atoms with E-state index in [0.717, 1.165) is 19.5 Å². The van der Waals surface area contributed by atoms with Gasteiger partial charge in [0.25, 0.3) is 5.91 Å². The molecular weight excluding hydrogens is 342 g/mol. The SMILES string of the molecule is O=C(N[C@@H]1CCNC1)c1cccc(S(=O)(=O)NCc2ccncn2)c1. The molecule has 3 N–H and O–H groups in total. The lowest BCUT2D eigenvalue weighted by Gasteiger charge is -2.12. The van der Waals surface area contributed by atoms with Crippen LogP contribution in [0.2, 0.25) is 0 Å². The highest BCUT2D eigenvalue weighted by molar-refractivity contribution is 7.89. The van der Waals surface area contributed by atoms with Gasteiger partial charge in [-0.2, -0.15) is 0 Å². The highest BCUT2D eigenvalue weighted by Crippen LogP contribution is 2.12. The topological polar surface area (TPSA) is 113 Å². The summed E-state index contributed by atoms with van der Waals surface area (Å²) in [6, 6.07) is 7.68. The average Bonchev–Trinajstić information content (AvgIpc) is 3.14. The molecule has 1 fully saturated rings. The summed E-state index contributed by atoms with van der Waals surface area (Å²) in [4.78, 5) is 20.1. The van der Waals surface area contributed by atoms with E-state index in [0.29, 0.717) is 11.3 Å². The maximum atomic E-state index is 12.4. The van der Waals surface area contributed by atoms with E-state index in [4.69, 9.17) is 0 Å². The van der Waals surface area contributed by atoms with E-state index in [9.17, 15) is 13.2 Å². The second-order valence-corrected chi connectivity index (χ2v) is 7.48. The van der Waals surface area contributed by atoms with Crippen molar-refractivity contribution in [3.05, 3.63) is 54.1 Å². The Bertz CT molecular complexity index is 836. The second kappa shape index (κ2) is 7.68. The first-order chi connectivity index (χ1) is 12.0. The van der Waals surface area contributed by atoms with Crippen LogP contribution in [0.25, 0.3) is 0 Å². The fourth-order valence-electron chi connectivity index (χ4n) is 2.53. The lowest BCUT2D eigenvalue weighted by molar-refractivity contribution is 0.0940. The Kier molecular flexibility index (Phi) is 5.37. The summed E-state index contributed by atoms with van der Waals surface area (Å²) >= 11 is 0. The fourth-order valence-corrected chi connectivity index (χ4v) is 3.57. The summed E-state index contributed by atoms with van der Waals surface area (Å²) in [6.07, 6.45) is 3.76. The zero-order valence-electron chi connectivity index (χ0n) is 13.5. The van der Waals surface area contributed by atoms with Gasteiger partial charge < -0.3 is 10.6 Å². The predicted octanol–water partition coefficient (Wildman–Crippen LogP) is 0.0468. The minimum absolute atomic E-state index is 0.0405. The number of hydrogen-bond donors (Lipinski definition) is 3. The fraction of sp³-hybridized carbons (Fsp3) is 0.312. The van der Waals surface area contributed by atoms with Gasteiger partial charge in [-0.25, -0.2) is 23.1 Å². The van der Waals surface area contributed by atoms with Gasteiger partial charge >= 0.3 is 0 Å². The van der Waals surface area contributed by atoms with Crippen LogP contribution in [0.1, 0.15) is 22.5 Å². The summed E-state index contributed by atoms with van der Waals surface area (Å²) in [5, 5.41) is 6.06. The zero-order chi connectivity index (χ0) is 17.7. The highest BCUT2D eigenvalue weighted by Gasteiger charge is 2.20. The second-order valence-electron chi connectivity index (χ2n) is 5.72. The Balaban J connectivity index is 1.69. The molecule has 3 rings (SSSR count). The van der Waals surface area contributed by atoms with Crippen LogP contribution in [0.15, 0.2) is 47.8 Å². The van der Waals surface area contributed by atoms with E-state index in [2.05, 4.69) is 25.3 Å². The first-order valence-electron chi connectivity index (χ1n) is 7.91. The van der Waals surface area contributed by atoms with Crippen molar-refractivity contribution in [1.82, 2.24) is 25.3 Å². The average molecular weight is 361 g/mol. The Hall–Kier alpha value is -2.36. The molecule has 1 atom stereocenters. The van der Waals surface area contributed by atoms with E-state index in [1.54, 1.807) is 24.4 Å². The van der Waals surface area contributed by atoms with Crippen molar-refractivity contribution in [1.29, 1.82) is 0 Å². The Morgan fingerprint density at radius 3 is 2.92 bits per heavy atom. The van der Waals surface area contributed by atoms with Gasteiger partial charge in [-0.1, -0.05) is 6.07 Å². The Morgan fingerprint density at radius 1 is 1.32 bits per heavy atom. The van der Waals surface area contributed by atoms with Crippen LogP contribution in [-0.4, -0.2) is 43.4 Å². The molecule has 0 unspecified atom stereocenters. The molecular formula is C16H19N5O3S. The minimum atomic E-state index is -3.74. The molecule has 0 saturated carbocycles. The maximum absolute atomic E-state index is 12.4. The van der Waals surface area contributed by atoms with Crippen LogP contribution in [-0.2, 0) is 16.6 Å². The molecule has 0 aliphatic carbocycles. The Labute approximate surface area is 146 Å². The molecule has 25 heavy (non-hydrogen) atoms. The van der Waals surface area contributed by atoms with Crippen molar-refractivity contribution < 1.29 is 13.2 Å². The number of rotatable bonds is 6. The molecule has 1 amide bonds. The smallest absolute Gasteiger partial charge is 0.251 e. The third kappa shape index (κ3) is 4.59. The van der Waals surface area contributed by atoms with Crippen LogP contribution >= 0.6 is 0 Å². The number of nitrogens with zero attached hydrogens (tertiary/aromatic N) is 2. The van der Waals surface area contributed by atoms with Gasteiger partial charge in [0.1, 0.15) is 6.33 Å². The lowest BCUT2D eigenvalue weighted by Crippen LogP contribution is -2.36. The summed E-state index contributed by atoms with van der Waals surface area (Å²) in [6.45, 7) is 1.64. The molecule has 0 bridgehead atoms. The number of carbonyl (C=O) groups is 1. The van der Waals surface area contributed by atoms with E-state index >= 15 is 0 Å². The number of nitrogens with one attached hydrogen (secondary N) is 3. The van der Waals surface area contributed by atoms with Crippen LogP contribution in [0, 0.1) is 0 Å². The molecule has 1 saturated heterocycles. The van der Waals surface area contributed by atoms with Crippen molar-refractivity contribution in [2.75, 3.05) is 13.1 Å². The van der Waals surface area contributed by atoms with Gasteiger partial charge in [0, 0.05) is 24.3 Å². The van der Waals surface area contributed by atoms with Crippen LogP contribution in [0.5, 0.6) is 0 Å². The van der Waals surface area contributed by atoms with Crippen molar-refractivity contribution in [2.45, 2.75) is 23.9 Å². The molecule has 1 aromatic heterocycles. The van der Waals surface area contributed by atoms with Crippen molar-refractivity contribution in [3.63, 3.8) is 0 Å². The number of amides is 1. The number of carbonyl (C=O) groups excluding carboxylic acids is 1. The maximum Gasteiger partial charge on any atom is 0.251 e. The van der Waals surface area contributed by atoms with Gasteiger partial charge in [-0.3, -0.25) is 4.79 Å². The highest BCUT2D eigenvalue weighted by atomic mass is 32.2. The molecule has 2 aromatic rings. The summed E-state index contributed by atoms with van der Waals surface area (Å²) < 4.78 is 27.3. The Morgan fingerprint density at radius 2 is 2.20 bits per heavy atom. The minimum Gasteiger partial charge on any atom is -0.348 e. The van der Waals surface area contributed by atoms with Crippen molar-refractivity contribution in [3.8, 4) is 0 Å². The third-order valence-corrected chi connectivity index (χ3v) is 5.29. The first-order valence-corrected chi connectivity index (χ1v) is 9.39. The molecule has 1 aliphatic heterocycles. The van der Waals surface area contributed by atoms with Gasteiger partial charge in [0.2, 0.25) is 10.0 Å². The van der Waals surface area contributed by atoms with E-state index in [1.165, 1.54) is 18.5 Å². The molecule has 8 nitrogen and oxygen atoms in total. The molecule has 132 valence electrons. The summed E-state index contributed by atoms with van der Waals surface area (Å²) in [5.41, 5.74) is 0.873. The monoisotopic (exact) mass is 361 g/mol. The van der Waals surface area contributed by atoms with Gasteiger partial charge in [-0.05, 0) is 37.2 Å². The number of benzene rings is 1. The molecule has 2 heterocycles. The van der Waals surface area contributed by atoms with Crippen LogP contribution in [0.3, 0.4) is 0 Å². The number of sulfonamides is 1. The van der Waals surface area contributed by atoms with Gasteiger partial charge in [-0.15, -0.1) is 0 Å². The molecule has 9 heteroatoms. The largest absolute Gasteiger partial charge is 0.348 e. The van der Waals surface area contributed by atoms with Gasteiger partial charge in [0.15, 0.2) is 0 Å². The normalized spacial score (nSPS) is 17.4. The number of hydrogen-bond acceptors (Lipinski definition) is 6. The summed E-state index contributed by atoms with van der Waals surface area (Å²) in [7, 11) is -3.74. The van der Waals surface area contributed by atoms with Crippen molar-refractivity contribution in [2.24, 2.45) is 0 Å². The predicted molar refractivity (Wildman–Crippen MR) is 91.2 cm³/mol. The number of aromatic nitrogens is 2. The van der Waals surface area contributed by atoms with Gasteiger partial charge in [0.05, 0.1) is 17.1 Å². The van der Waals surface area contributed by atoms with Crippen LogP contribution < -0.4 is 15.4 Å². The van der Waals surface area contributed by atoms with Crippen molar-refractivity contribution >= 4 is 15.9 Å². The lowest BCUT2D eigenvalue weighted by atomic mass is 10.2. The third-order valence-electron chi connectivity index (χ3n) is 3.89. The van der Waals surface area contributed by atoms with Crippen LogP contribution in [0.4, 0.5) is 0 Å². The molecule has 1 aliphatic rings. The zero-order valence-corrected chi connectivity index (χ0v) is 14.3. The molecule has 1 aromatic carbocycles. The quantitative estimate of drug-likeness (QED) is 0.670. The van der Waals surface area contributed by atoms with E-state index < -0.39 is 10.0 Å². The standard InChI is InChI=1S/C16H19N5O3S/c22-16(21-14-5-6-17-9-14)12-2-1-3-15(8-12)25(23,24)20-10-13-4-7-18-11-19-13/h1-4,7-8,11,14,17,20H,5-6,9-10H2,(H,21,22)/t14-/m1/s1. The molecule has 0 radical (unpaired) electrons. The van der Waals surface area contributed by atoms with E-state index in [-0.39, 0.29) is 23.4 Å². The molecule has 0 spiro atoms.